The van der Waals surface area contributed by atoms with Gasteiger partial charge in [-0.15, -0.1) is 0 Å². The molecule has 6 heteroatoms. The number of amides is 2. The first kappa shape index (κ1) is 14.5. The minimum atomic E-state index is -1.09. The molecule has 1 aromatic rings. The van der Waals surface area contributed by atoms with Crippen LogP contribution < -0.4 is 10.6 Å². The highest BCUT2D eigenvalue weighted by Gasteiger charge is 2.37. The first-order chi connectivity index (χ1) is 9.49. The molecule has 0 aliphatic carbocycles. The van der Waals surface area contributed by atoms with Crippen LogP contribution in [0.15, 0.2) is 24.3 Å². The number of carbonyl (C=O) groups excluding carboxylic acids is 2. The van der Waals surface area contributed by atoms with Gasteiger partial charge >= 0.3 is 0 Å². The molecule has 0 spiro atoms. The Morgan fingerprint density at radius 1 is 1.45 bits per heavy atom. The SMILES string of the molecule is CC(NC(=O)C1C(=O)NCCC1O)c1ccc(F)cc1. The van der Waals surface area contributed by atoms with Gasteiger partial charge in [0.25, 0.3) is 0 Å². The van der Waals surface area contributed by atoms with E-state index in [-0.39, 0.29) is 11.9 Å². The minimum absolute atomic E-state index is 0.352. The number of hydrogen-bond acceptors (Lipinski definition) is 3. The summed E-state index contributed by atoms with van der Waals surface area (Å²) in [4.78, 5) is 23.7. The molecule has 5 nitrogen and oxygen atoms in total. The number of benzene rings is 1. The van der Waals surface area contributed by atoms with Gasteiger partial charge in [-0.2, -0.15) is 0 Å². The van der Waals surface area contributed by atoms with E-state index < -0.39 is 23.8 Å². The first-order valence-electron chi connectivity index (χ1n) is 6.50. The van der Waals surface area contributed by atoms with Gasteiger partial charge in [0.15, 0.2) is 0 Å². The van der Waals surface area contributed by atoms with Gasteiger partial charge in [0.2, 0.25) is 11.8 Å². The molecule has 0 bridgehead atoms. The molecule has 0 saturated carbocycles. The zero-order valence-electron chi connectivity index (χ0n) is 11.1. The molecule has 1 heterocycles. The Labute approximate surface area is 116 Å². The molecule has 3 atom stereocenters. The smallest absolute Gasteiger partial charge is 0.235 e. The van der Waals surface area contributed by atoms with Crippen LogP contribution in [-0.2, 0) is 9.59 Å². The predicted octanol–water partition coefficient (Wildman–Crippen LogP) is 0.500. The molecule has 108 valence electrons. The number of piperidine rings is 1. The van der Waals surface area contributed by atoms with E-state index in [4.69, 9.17) is 0 Å². The summed E-state index contributed by atoms with van der Waals surface area (Å²) in [6, 6.07) is 5.38. The topological polar surface area (TPSA) is 78.4 Å². The van der Waals surface area contributed by atoms with Crippen molar-refractivity contribution in [3.05, 3.63) is 35.6 Å². The summed E-state index contributed by atoms with van der Waals surface area (Å²) in [5.74, 6) is -2.43. The second-order valence-electron chi connectivity index (χ2n) is 4.91. The van der Waals surface area contributed by atoms with E-state index in [1.54, 1.807) is 19.1 Å². The number of hydrogen-bond donors (Lipinski definition) is 3. The zero-order valence-corrected chi connectivity index (χ0v) is 11.1. The fourth-order valence-electron chi connectivity index (χ4n) is 2.23. The number of nitrogens with one attached hydrogen (secondary N) is 2. The van der Waals surface area contributed by atoms with Crippen molar-refractivity contribution in [1.82, 2.24) is 10.6 Å². The lowest BCUT2D eigenvalue weighted by atomic mass is 9.93. The Morgan fingerprint density at radius 2 is 2.10 bits per heavy atom. The van der Waals surface area contributed by atoms with E-state index >= 15 is 0 Å². The molecule has 1 fully saturated rings. The fraction of sp³-hybridized carbons (Fsp3) is 0.429. The van der Waals surface area contributed by atoms with Gasteiger partial charge in [0, 0.05) is 6.54 Å². The van der Waals surface area contributed by atoms with Crippen molar-refractivity contribution in [2.45, 2.75) is 25.5 Å². The summed E-state index contributed by atoms with van der Waals surface area (Å²) in [7, 11) is 0. The van der Waals surface area contributed by atoms with Crippen LogP contribution in [-0.4, -0.2) is 29.6 Å². The molecule has 0 aromatic heterocycles. The molecule has 2 rings (SSSR count). The summed E-state index contributed by atoms with van der Waals surface area (Å²) in [6.07, 6.45) is -0.612. The third-order valence-corrected chi connectivity index (χ3v) is 3.42. The van der Waals surface area contributed by atoms with E-state index in [1.165, 1.54) is 12.1 Å². The van der Waals surface area contributed by atoms with Crippen LogP contribution in [0.1, 0.15) is 24.9 Å². The van der Waals surface area contributed by atoms with Crippen LogP contribution in [0.4, 0.5) is 4.39 Å². The average molecular weight is 280 g/mol. The largest absolute Gasteiger partial charge is 0.392 e. The van der Waals surface area contributed by atoms with Crippen molar-refractivity contribution >= 4 is 11.8 Å². The van der Waals surface area contributed by atoms with Gasteiger partial charge in [-0.05, 0) is 31.0 Å². The van der Waals surface area contributed by atoms with Gasteiger partial charge < -0.3 is 15.7 Å². The zero-order chi connectivity index (χ0) is 14.7. The molecule has 1 saturated heterocycles. The molecule has 3 N–H and O–H groups in total. The number of rotatable bonds is 3. The molecule has 1 aliphatic heterocycles. The number of halogens is 1. The van der Waals surface area contributed by atoms with E-state index in [0.29, 0.717) is 13.0 Å². The second-order valence-corrected chi connectivity index (χ2v) is 4.91. The monoisotopic (exact) mass is 280 g/mol. The van der Waals surface area contributed by atoms with Crippen LogP contribution in [0, 0.1) is 11.7 Å². The molecular formula is C14H17FN2O3. The molecule has 0 radical (unpaired) electrons. The Kier molecular flexibility index (Phi) is 4.34. The van der Waals surface area contributed by atoms with E-state index in [1.807, 2.05) is 0 Å². The van der Waals surface area contributed by atoms with Gasteiger partial charge in [-0.3, -0.25) is 9.59 Å². The Bertz CT molecular complexity index is 504. The first-order valence-corrected chi connectivity index (χ1v) is 6.50. The van der Waals surface area contributed by atoms with E-state index in [9.17, 15) is 19.1 Å². The lowest BCUT2D eigenvalue weighted by Gasteiger charge is -2.27. The standard InChI is InChI=1S/C14H17FN2O3/c1-8(9-2-4-10(15)5-3-9)17-14(20)12-11(18)6-7-16-13(12)19/h2-5,8,11-12,18H,6-7H2,1H3,(H,16,19)(H,17,20). The highest BCUT2D eigenvalue weighted by Crippen LogP contribution is 2.17. The van der Waals surface area contributed by atoms with Gasteiger partial charge in [0.1, 0.15) is 11.7 Å². The van der Waals surface area contributed by atoms with Crippen LogP contribution in [0.3, 0.4) is 0 Å². The average Bonchev–Trinajstić information content (AvgIpc) is 2.39. The van der Waals surface area contributed by atoms with Gasteiger partial charge in [-0.1, -0.05) is 12.1 Å². The maximum absolute atomic E-state index is 12.8. The fourth-order valence-corrected chi connectivity index (χ4v) is 2.23. The van der Waals surface area contributed by atoms with E-state index in [0.717, 1.165) is 5.56 Å². The lowest BCUT2D eigenvalue weighted by molar-refractivity contribution is -0.142. The van der Waals surface area contributed by atoms with Crippen LogP contribution in [0.2, 0.25) is 0 Å². The lowest BCUT2D eigenvalue weighted by Crippen LogP contribution is -2.52. The maximum atomic E-state index is 12.8. The molecule has 1 aromatic carbocycles. The molecule has 20 heavy (non-hydrogen) atoms. The van der Waals surface area contributed by atoms with Crippen LogP contribution in [0.25, 0.3) is 0 Å². The van der Waals surface area contributed by atoms with Crippen molar-refractivity contribution in [2.24, 2.45) is 5.92 Å². The number of aliphatic hydroxyl groups is 1. The molecular weight excluding hydrogens is 263 g/mol. The highest BCUT2D eigenvalue weighted by molar-refractivity contribution is 6.01. The maximum Gasteiger partial charge on any atom is 0.235 e. The number of carbonyl (C=O) groups is 2. The minimum Gasteiger partial charge on any atom is -0.392 e. The molecule has 3 unspecified atom stereocenters. The third-order valence-electron chi connectivity index (χ3n) is 3.42. The summed E-state index contributed by atoms with van der Waals surface area (Å²) in [6.45, 7) is 2.11. The normalized spacial score (nSPS) is 23.9. The predicted molar refractivity (Wildman–Crippen MR) is 70.1 cm³/mol. The van der Waals surface area contributed by atoms with Crippen LogP contribution >= 0.6 is 0 Å². The van der Waals surface area contributed by atoms with Gasteiger partial charge in [0.05, 0.1) is 12.1 Å². The van der Waals surface area contributed by atoms with Gasteiger partial charge in [-0.25, -0.2) is 4.39 Å². The highest BCUT2D eigenvalue weighted by atomic mass is 19.1. The summed E-state index contributed by atoms with van der Waals surface area (Å²) < 4.78 is 12.8. The van der Waals surface area contributed by atoms with Crippen molar-refractivity contribution in [1.29, 1.82) is 0 Å². The Hall–Kier alpha value is -1.95. The summed E-state index contributed by atoms with van der Waals surface area (Å²) in [5, 5.41) is 15.0. The second kappa shape index (κ2) is 6.00. The molecule has 1 aliphatic rings. The Balaban J connectivity index is 2.03. The van der Waals surface area contributed by atoms with Crippen LogP contribution in [0.5, 0.6) is 0 Å². The summed E-state index contributed by atoms with van der Waals surface area (Å²) in [5.41, 5.74) is 0.727. The van der Waals surface area contributed by atoms with Crippen molar-refractivity contribution < 1.29 is 19.1 Å². The molecule has 2 amide bonds. The summed E-state index contributed by atoms with van der Waals surface area (Å²) >= 11 is 0. The number of aliphatic hydroxyl groups excluding tert-OH is 1. The van der Waals surface area contributed by atoms with E-state index in [2.05, 4.69) is 10.6 Å². The quantitative estimate of drug-likeness (QED) is 0.706. The third kappa shape index (κ3) is 3.14. The van der Waals surface area contributed by atoms with Crippen molar-refractivity contribution in [3.8, 4) is 0 Å². The Morgan fingerprint density at radius 3 is 2.70 bits per heavy atom. The van der Waals surface area contributed by atoms with Crippen molar-refractivity contribution in [2.75, 3.05) is 6.54 Å². The van der Waals surface area contributed by atoms with Crippen molar-refractivity contribution in [3.63, 3.8) is 0 Å².